The predicted octanol–water partition coefficient (Wildman–Crippen LogP) is 1.49. The standard InChI is InChI=1S/C16H18N2O4/c1-20-13-4-3-11(7-14(13)21-2)8-18-10-16(17,15(18)19)12-5-6-22-9-12/h3-7,9H,8,10,17H2,1-2H3. The van der Waals surface area contributed by atoms with Crippen molar-refractivity contribution in [2.75, 3.05) is 20.8 Å². The zero-order chi connectivity index (χ0) is 15.7. The topological polar surface area (TPSA) is 77.9 Å². The van der Waals surface area contributed by atoms with E-state index in [0.717, 1.165) is 5.56 Å². The van der Waals surface area contributed by atoms with Crippen LogP contribution in [0.3, 0.4) is 0 Å². The van der Waals surface area contributed by atoms with E-state index in [1.54, 1.807) is 25.2 Å². The monoisotopic (exact) mass is 302 g/mol. The van der Waals surface area contributed by atoms with Crippen molar-refractivity contribution in [3.8, 4) is 11.5 Å². The number of amides is 1. The van der Waals surface area contributed by atoms with E-state index in [4.69, 9.17) is 19.6 Å². The van der Waals surface area contributed by atoms with Crippen LogP contribution in [-0.2, 0) is 16.9 Å². The summed E-state index contributed by atoms with van der Waals surface area (Å²) in [5, 5.41) is 0. The lowest BCUT2D eigenvalue weighted by Crippen LogP contribution is -2.68. The van der Waals surface area contributed by atoms with Crippen molar-refractivity contribution in [3.63, 3.8) is 0 Å². The van der Waals surface area contributed by atoms with Gasteiger partial charge in [0.2, 0.25) is 5.91 Å². The number of ether oxygens (including phenoxy) is 2. The fraction of sp³-hybridized carbons (Fsp3) is 0.312. The summed E-state index contributed by atoms with van der Waals surface area (Å²) in [5.41, 5.74) is 6.86. The average molecular weight is 302 g/mol. The van der Waals surface area contributed by atoms with Crippen molar-refractivity contribution in [1.82, 2.24) is 4.90 Å². The van der Waals surface area contributed by atoms with Gasteiger partial charge in [-0.15, -0.1) is 0 Å². The molecule has 1 aromatic heterocycles. The molecule has 1 fully saturated rings. The molecule has 0 radical (unpaired) electrons. The Hall–Kier alpha value is -2.47. The summed E-state index contributed by atoms with van der Waals surface area (Å²) in [7, 11) is 3.17. The molecule has 6 heteroatoms. The van der Waals surface area contributed by atoms with Gasteiger partial charge in [-0.05, 0) is 23.8 Å². The predicted molar refractivity (Wildman–Crippen MR) is 79.5 cm³/mol. The van der Waals surface area contributed by atoms with Gasteiger partial charge in [-0.1, -0.05) is 6.07 Å². The maximum atomic E-state index is 12.4. The van der Waals surface area contributed by atoms with Gasteiger partial charge in [-0.2, -0.15) is 0 Å². The first-order valence-electron chi connectivity index (χ1n) is 6.90. The fourth-order valence-corrected chi connectivity index (χ4v) is 2.69. The largest absolute Gasteiger partial charge is 0.493 e. The Bertz CT molecular complexity index is 683. The highest BCUT2D eigenvalue weighted by Crippen LogP contribution is 2.34. The van der Waals surface area contributed by atoms with E-state index in [2.05, 4.69) is 0 Å². The Morgan fingerprint density at radius 2 is 2.05 bits per heavy atom. The van der Waals surface area contributed by atoms with Crippen molar-refractivity contribution in [2.24, 2.45) is 5.73 Å². The minimum atomic E-state index is -0.969. The maximum Gasteiger partial charge on any atom is 0.249 e. The number of carbonyl (C=O) groups is 1. The lowest BCUT2D eigenvalue weighted by Gasteiger charge is -2.45. The summed E-state index contributed by atoms with van der Waals surface area (Å²) in [6, 6.07) is 7.32. The normalized spacial score (nSPS) is 20.7. The van der Waals surface area contributed by atoms with Crippen LogP contribution in [0, 0.1) is 0 Å². The molecule has 116 valence electrons. The van der Waals surface area contributed by atoms with Gasteiger partial charge in [0.15, 0.2) is 11.5 Å². The molecule has 2 heterocycles. The van der Waals surface area contributed by atoms with Crippen LogP contribution in [0.1, 0.15) is 11.1 Å². The second-order valence-corrected chi connectivity index (χ2v) is 5.33. The number of benzene rings is 1. The van der Waals surface area contributed by atoms with Gasteiger partial charge in [0.1, 0.15) is 5.54 Å². The maximum absolute atomic E-state index is 12.4. The summed E-state index contributed by atoms with van der Waals surface area (Å²) >= 11 is 0. The highest BCUT2D eigenvalue weighted by atomic mass is 16.5. The molecule has 6 nitrogen and oxygen atoms in total. The Morgan fingerprint density at radius 1 is 1.27 bits per heavy atom. The van der Waals surface area contributed by atoms with Gasteiger partial charge in [-0.25, -0.2) is 0 Å². The molecule has 22 heavy (non-hydrogen) atoms. The molecule has 1 atom stereocenters. The van der Waals surface area contributed by atoms with Crippen LogP contribution < -0.4 is 15.2 Å². The Kier molecular flexibility index (Phi) is 3.54. The van der Waals surface area contributed by atoms with E-state index in [1.807, 2.05) is 18.2 Å². The molecule has 2 N–H and O–H groups in total. The van der Waals surface area contributed by atoms with Gasteiger partial charge < -0.3 is 24.5 Å². The first kappa shape index (κ1) is 14.5. The molecule has 0 spiro atoms. The SMILES string of the molecule is COc1ccc(CN2CC(N)(c3ccoc3)C2=O)cc1OC. The second-order valence-electron chi connectivity index (χ2n) is 5.33. The van der Waals surface area contributed by atoms with E-state index < -0.39 is 5.54 Å². The third kappa shape index (κ3) is 2.21. The molecule has 1 amide bonds. The molecule has 1 unspecified atom stereocenters. The highest BCUT2D eigenvalue weighted by Gasteiger charge is 2.50. The number of nitrogens with two attached hydrogens (primary N) is 1. The van der Waals surface area contributed by atoms with E-state index in [-0.39, 0.29) is 5.91 Å². The van der Waals surface area contributed by atoms with Crippen LogP contribution >= 0.6 is 0 Å². The fourth-order valence-electron chi connectivity index (χ4n) is 2.69. The van der Waals surface area contributed by atoms with Gasteiger partial charge >= 0.3 is 0 Å². The number of carbonyl (C=O) groups excluding carboxylic acids is 1. The zero-order valence-corrected chi connectivity index (χ0v) is 12.5. The molecule has 0 saturated carbocycles. The first-order chi connectivity index (χ1) is 10.6. The summed E-state index contributed by atoms with van der Waals surface area (Å²) in [6.45, 7) is 0.940. The number of hydrogen-bond donors (Lipinski definition) is 1. The summed E-state index contributed by atoms with van der Waals surface area (Å²) in [5.74, 6) is 1.19. The Labute approximate surface area is 128 Å². The molecule has 0 aliphatic carbocycles. The van der Waals surface area contributed by atoms with E-state index in [9.17, 15) is 4.79 Å². The van der Waals surface area contributed by atoms with E-state index in [0.29, 0.717) is 30.2 Å². The van der Waals surface area contributed by atoms with Crippen LogP contribution in [0.2, 0.25) is 0 Å². The smallest absolute Gasteiger partial charge is 0.249 e. The van der Waals surface area contributed by atoms with Crippen molar-refractivity contribution in [3.05, 3.63) is 47.9 Å². The van der Waals surface area contributed by atoms with Crippen LogP contribution in [-0.4, -0.2) is 31.6 Å². The molecular formula is C16H18N2O4. The van der Waals surface area contributed by atoms with E-state index >= 15 is 0 Å². The number of hydrogen-bond acceptors (Lipinski definition) is 5. The van der Waals surface area contributed by atoms with Gasteiger partial charge in [0.25, 0.3) is 0 Å². The number of rotatable bonds is 5. The lowest BCUT2D eigenvalue weighted by atomic mass is 9.83. The molecule has 3 rings (SSSR count). The zero-order valence-electron chi connectivity index (χ0n) is 12.5. The second kappa shape index (κ2) is 5.38. The quantitative estimate of drug-likeness (QED) is 0.847. The molecule has 1 saturated heterocycles. The van der Waals surface area contributed by atoms with Gasteiger partial charge in [-0.3, -0.25) is 4.79 Å². The van der Waals surface area contributed by atoms with Crippen molar-refractivity contribution in [1.29, 1.82) is 0 Å². The minimum Gasteiger partial charge on any atom is -0.493 e. The first-order valence-corrected chi connectivity index (χ1v) is 6.90. The number of nitrogens with zero attached hydrogens (tertiary/aromatic N) is 1. The number of likely N-dealkylation sites (tertiary alicyclic amines) is 1. The third-order valence-corrected chi connectivity index (χ3v) is 3.97. The van der Waals surface area contributed by atoms with Crippen LogP contribution in [0.4, 0.5) is 0 Å². The third-order valence-electron chi connectivity index (χ3n) is 3.97. The van der Waals surface area contributed by atoms with Crippen LogP contribution in [0.15, 0.2) is 41.2 Å². The van der Waals surface area contributed by atoms with Gasteiger partial charge in [0, 0.05) is 12.1 Å². The number of β-lactam (4-membered cyclic amide) rings is 1. The molecular weight excluding hydrogens is 284 g/mol. The summed E-state index contributed by atoms with van der Waals surface area (Å²) in [6.07, 6.45) is 3.04. The van der Waals surface area contributed by atoms with E-state index in [1.165, 1.54) is 12.5 Å². The van der Waals surface area contributed by atoms with Crippen molar-refractivity contribution >= 4 is 5.91 Å². The molecule has 1 aliphatic rings. The molecule has 1 aromatic carbocycles. The van der Waals surface area contributed by atoms with Crippen LogP contribution in [0.5, 0.6) is 11.5 Å². The Balaban J connectivity index is 1.72. The van der Waals surface area contributed by atoms with Crippen molar-refractivity contribution < 1.29 is 18.7 Å². The molecule has 0 bridgehead atoms. The van der Waals surface area contributed by atoms with Crippen LogP contribution in [0.25, 0.3) is 0 Å². The molecule has 2 aromatic rings. The summed E-state index contributed by atoms with van der Waals surface area (Å²) in [4.78, 5) is 14.1. The number of furan rings is 1. The number of methoxy groups -OCH3 is 2. The molecule has 1 aliphatic heterocycles. The highest BCUT2D eigenvalue weighted by molar-refractivity contribution is 5.93. The Morgan fingerprint density at radius 3 is 2.64 bits per heavy atom. The van der Waals surface area contributed by atoms with Gasteiger partial charge in [0.05, 0.1) is 33.3 Å². The van der Waals surface area contributed by atoms with Crippen molar-refractivity contribution in [2.45, 2.75) is 12.1 Å². The summed E-state index contributed by atoms with van der Waals surface area (Å²) < 4.78 is 15.5. The average Bonchev–Trinajstić information content (AvgIpc) is 3.08. The lowest BCUT2D eigenvalue weighted by molar-refractivity contribution is -0.152. The minimum absolute atomic E-state index is 0.108.